The van der Waals surface area contributed by atoms with Crippen molar-refractivity contribution < 1.29 is 33.8 Å². The van der Waals surface area contributed by atoms with E-state index in [1.165, 1.54) is 4.90 Å². The number of nitrogens with zero attached hydrogens (tertiary/aromatic N) is 2. The number of alkyl carbamates (subject to hydrolysis) is 1. The van der Waals surface area contributed by atoms with Gasteiger partial charge in [0.05, 0.1) is 13.2 Å². The molecule has 2 heterocycles. The van der Waals surface area contributed by atoms with Crippen LogP contribution in [0.1, 0.15) is 70.4 Å². The first-order valence-electron chi connectivity index (χ1n) is 13.5. The minimum Gasteiger partial charge on any atom is -0.480 e. The highest BCUT2D eigenvalue weighted by Crippen LogP contribution is 2.31. The molecule has 0 spiro atoms. The Balaban J connectivity index is 1.43. The number of hydrogen-bond donors (Lipinski definition) is 2. The zero-order valence-electron chi connectivity index (χ0n) is 22.5. The molecule has 1 aromatic carbocycles. The number of ether oxygens (including phenoxy) is 2. The lowest BCUT2D eigenvalue weighted by Crippen LogP contribution is -2.55. The van der Waals surface area contributed by atoms with Crippen molar-refractivity contribution >= 4 is 24.1 Å². The molecule has 208 valence electrons. The van der Waals surface area contributed by atoms with Crippen molar-refractivity contribution in [3.63, 3.8) is 0 Å². The number of rotatable bonds is 6. The van der Waals surface area contributed by atoms with Gasteiger partial charge in [0.25, 0.3) is 0 Å². The van der Waals surface area contributed by atoms with Gasteiger partial charge in [0.15, 0.2) is 0 Å². The van der Waals surface area contributed by atoms with Crippen molar-refractivity contribution in [2.75, 3.05) is 13.2 Å². The fraction of sp³-hybridized carbons (Fsp3) is 0.643. The normalized spacial score (nSPS) is 22.5. The highest BCUT2D eigenvalue weighted by atomic mass is 16.6. The van der Waals surface area contributed by atoms with Crippen LogP contribution >= 0.6 is 0 Å². The Morgan fingerprint density at radius 1 is 1.05 bits per heavy atom. The summed E-state index contributed by atoms with van der Waals surface area (Å²) in [4.78, 5) is 54.2. The standard InChI is InChI=1S/C28H39N3O7/c1-28(2,3)17-37-26(35)29-23(18-9-5-4-6-10-18)24(32)31-16-21(13-22(31)25(33)34)38-27(36)30-14-19-11-7-8-12-20(19)15-30/h7-8,11-12,18,21-23H,4-6,9-10,13-17H2,1-3H3,(H,29,35)(H,33,34). The lowest BCUT2D eigenvalue weighted by Gasteiger charge is -2.34. The summed E-state index contributed by atoms with van der Waals surface area (Å²) in [6, 6.07) is 5.72. The molecule has 3 atom stereocenters. The topological polar surface area (TPSA) is 125 Å². The molecule has 3 unspecified atom stereocenters. The fourth-order valence-electron chi connectivity index (χ4n) is 5.52. The summed E-state index contributed by atoms with van der Waals surface area (Å²) in [6.07, 6.45) is 2.48. The summed E-state index contributed by atoms with van der Waals surface area (Å²) in [5.74, 6) is -1.75. The maximum atomic E-state index is 13.8. The number of carbonyl (C=O) groups excluding carboxylic acids is 3. The van der Waals surface area contributed by atoms with Crippen LogP contribution in [-0.2, 0) is 32.2 Å². The average molecular weight is 530 g/mol. The minimum atomic E-state index is -1.16. The molecular weight excluding hydrogens is 490 g/mol. The Bertz CT molecular complexity index is 1020. The number of fused-ring (bicyclic) bond motifs is 1. The number of benzene rings is 1. The highest BCUT2D eigenvalue weighted by Gasteiger charge is 2.46. The highest BCUT2D eigenvalue weighted by molar-refractivity contribution is 5.90. The number of hydrogen-bond acceptors (Lipinski definition) is 6. The maximum Gasteiger partial charge on any atom is 0.410 e. The lowest BCUT2D eigenvalue weighted by molar-refractivity contribution is -0.149. The van der Waals surface area contributed by atoms with E-state index < -0.39 is 42.3 Å². The maximum absolute atomic E-state index is 13.8. The molecule has 10 heteroatoms. The number of amides is 3. The summed E-state index contributed by atoms with van der Waals surface area (Å²) in [5.41, 5.74) is 1.87. The molecule has 1 saturated carbocycles. The molecule has 2 fully saturated rings. The van der Waals surface area contributed by atoms with Crippen LogP contribution in [0, 0.1) is 11.3 Å². The van der Waals surface area contributed by atoms with Crippen molar-refractivity contribution in [3.05, 3.63) is 35.4 Å². The van der Waals surface area contributed by atoms with Gasteiger partial charge in [-0.25, -0.2) is 14.4 Å². The Morgan fingerprint density at radius 2 is 1.68 bits per heavy atom. The van der Waals surface area contributed by atoms with Gasteiger partial charge in [0.2, 0.25) is 5.91 Å². The van der Waals surface area contributed by atoms with Gasteiger partial charge < -0.3 is 24.8 Å². The van der Waals surface area contributed by atoms with Crippen LogP contribution in [0.15, 0.2) is 24.3 Å². The van der Waals surface area contributed by atoms with Gasteiger partial charge in [-0.1, -0.05) is 64.3 Å². The van der Waals surface area contributed by atoms with Gasteiger partial charge in [0.1, 0.15) is 18.2 Å². The number of carboxylic acids is 1. The lowest BCUT2D eigenvalue weighted by atomic mass is 9.83. The van der Waals surface area contributed by atoms with Crippen molar-refractivity contribution in [1.29, 1.82) is 0 Å². The van der Waals surface area contributed by atoms with Crippen LogP contribution in [0.3, 0.4) is 0 Å². The minimum absolute atomic E-state index is 0.000537. The quantitative estimate of drug-likeness (QED) is 0.572. The Labute approximate surface area is 223 Å². The molecule has 0 radical (unpaired) electrons. The molecule has 38 heavy (non-hydrogen) atoms. The van der Waals surface area contributed by atoms with E-state index in [-0.39, 0.29) is 30.9 Å². The zero-order valence-corrected chi connectivity index (χ0v) is 22.5. The van der Waals surface area contributed by atoms with E-state index in [9.17, 15) is 24.3 Å². The van der Waals surface area contributed by atoms with Gasteiger partial charge in [-0.3, -0.25) is 9.69 Å². The largest absolute Gasteiger partial charge is 0.480 e. The summed E-state index contributed by atoms with van der Waals surface area (Å²) in [5, 5.41) is 12.6. The van der Waals surface area contributed by atoms with Crippen LogP contribution in [-0.4, -0.2) is 70.3 Å². The second kappa shape index (κ2) is 11.6. The number of carboxylic acid groups (broad SMARTS) is 1. The van der Waals surface area contributed by atoms with E-state index in [0.717, 1.165) is 43.2 Å². The van der Waals surface area contributed by atoms with Gasteiger partial charge in [-0.2, -0.15) is 0 Å². The first kappa shape index (κ1) is 27.7. The predicted molar refractivity (Wildman–Crippen MR) is 138 cm³/mol. The molecule has 3 amide bonds. The molecule has 3 aliphatic rings. The smallest absolute Gasteiger partial charge is 0.410 e. The van der Waals surface area contributed by atoms with Gasteiger partial charge in [0, 0.05) is 19.5 Å². The van der Waals surface area contributed by atoms with Crippen LogP contribution in [0.5, 0.6) is 0 Å². The van der Waals surface area contributed by atoms with Gasteiger partial charge >= 0.3 is 18.2 Å². The van der Waals surface area contributed by atoms with E-state index in [1.807, 2.05) is 45.0 Å². The van der Waals surface area contributed by atoms with Crippen molar-refractivity contribution in [2.45, 2.75) is 90.6 Å². The third kappa shape index (κ3) is 6.76. The number of likely N-dealkylation sites (tertiary alicyclic amines) is 1. The number of carbonyl (C=O) groups is 4. The van der Waals surface area contributed by atoms with Crippen LogP contribution in [0.2, 0.25) is 0 Å². The first-order chi connectivity index (χ1) is 18.0. The molecule has 0 bridgehead atoms. The summed E-state index contributed by atoms with van der Waals surface area (Å²) >= 11 is 0. The molecule has 2 aliphatic heterocycles. The van der Waals surface area contributed by atoms with Gasteiger partial charge in [-0.15, -0.1) is 0 Å². The molecular formula is C28H39N3O7. The summed E-state index contributed by atoms with van der Waals surface area (Å²) in [7, 11) is 0. The van der Waals surface area contributed by atoms with E-state index in [1.54, 1.807) is 4.90 Å². The molecule has 1 saturated heterocycles. The number of aliphatic carboxylic acids is 1. The summed E-state index contributed by atoms with van der Waals surface area (Å²) in [6.45, 7) is 6.82. The molecule has 1 aliphatic carbocycles. The van der Waals surface area contributed by atoms with Crippen LogP contribution in [0.4, 0.5) is 9.59 Å². The number of nitrogens with one attached hydrogen (secondary N) is 1. The van der Waals surface area contributed by atoms with Crippen molar-refractivity contribution in [3.8, 4) is 0 Å². The second-order valence-corrected chi connectivity index (χ2v) is 11.9. The molecule has 2 N–H and O–H groups in total. The molecule has 0 aromatic heterocycles. The Hall–Kier alpha value is -3.30. The van der Waals surface area contributed by atoms with Crippen molar-refractivity contribution in [2.24, 2.45) is 11.3 Å². The monoisotopic (exact) mass is 529 g/mol. The van der Waals surface area contributed by atoms with Crippen LogP contribution < -0.4 is 5.32 Å². The van der Waals surface area contributed by atoms with Crippen LogP contribution in [0.25, 0.3) is 0 Å². The molecule has 10 nitrogen and oxygen atoms in total. The Morgan fingerprint density at radius 3 is 2.26 bits per heavy atom. The Kier molecular flexibility index (Phi) is 8.47. The fourth-order valence-corrected chi connectivity index (χ4v) is 5.52. The van der Waals surface area contributed by atoms with Gasteiger partial charge in [-0.05, 0) is 35.3 Å². The third-order valence-corrected chi connectivity index (χ3v) is 7.49. The van der Waals surface area contributed by atoms with E-state index in [2.05, 4.69) is 5.32 Å². The predicted octanol–water partition coefficient (Wildman–Crippen LogP) is 3.91. The second-order valence-electron chi connectivity index (χ2n) is 11.9. The first-order valence-corrected chi connectivity index (χ1v) is 13.5. The summed E-state index contributed by atoms with van der Waals surface area (Å²) < 4.78 is 11.0. The van der Waals surface area contributed by atoms with E-state index in [4.69, 9.17) is 9.47 Å². The average Bonchev–Trinajstić information content (AvgIpc) is 3.50. The third-order valence-electron chi connectivity index (χ3n) is 7.49. The van der Waals surface area contributed by atoms with E-state index >= 15 is 0 Å². The SMILES string of the molecule is CC(C)(C)COC(=O)NC(C(=O)N1CC(OC(=O)N2Cc3ccccc3C2)CC1C(=O)O)C1CCCCC1. The molecule has 4 rings (SSSR count). The van der Waals surface area contributed by atoms with Crippen molar-refractivity contribution in [1.82, 2.24) is 15.1 Å². The zero-order chi connectivity index (χ0) is 27.4. The molecule has 1 aromatic rings. The van der Waals surface area contributed by atoms with E-state index in [0.29, 0.717) is 13.1 Å².